The number of imidazole rings is 1. The lowest BCUT2D eigenvalue weighted by atomic mass is 9.92. The van der Waals surface area contributed by atoms with Crippen LogP contribution in [0, 0.1) is 13.8 Å². The maximum atomic E-state index is 12.5. The van der Waals surface area contributed by atoms with E-state index in [1.54, 1.807) is 0 Å². The average molecular weight is 319 g/mol. The fourth-order valence-corrected chi connectivity index (χ4v) is 3.46. The highest BCUT2D eigenvalue weighted by Crippen LogP contribution is 2.34. The van der Waals surface area contributed by atoms with E-state index in [-0.39, 0.29) is 11.8 Å². The molecule has 4 rings (SSSR count). The van der Waals surface area contributed by atoms with E-state index in [1.165, 1.54) is 5.56 Å². The zero-order chi connectivity index (χ0) is 16.7. The van der Waals surface area contributed by atoms with E-state index in [1.807, 2.05) is 6.07 Å². The summed E-state index contributed by atoms with van der Waals surface area (Å²) in [7, 11) is 0. The van der Waals surface area contributed by atoms with Crippen molar-refractivity contribution in [3.05, 3.63) is 59.4 Å². The molecule has 0 aliphatic carbocycles. The van der Waals surface area contributed by atoms with Gasteiger partial charge in [0, 0.05) is 18.3 Å². The second-order valence-electron chi connectivity index (χ2n) is 6.63. The third-order valence-electron chi connectivity index (χ3n) is 4.74. The van der Waals surface area contributed by atoms with Crippen LogP contribution in [0.1, 0.15) is 35.6 Å². The normalized spacial score (nSPS) is 17.9. The van der Waals surface area contributed by atoms with Crippen molar-refractivity contribution >= 4 is 11.6 Å². The van der Waals surface area contributed by atoms with Crippen LogP contribution in [0.25, 0.3) is 16.9 Å². The Kier molecular flexibility index (Phi) is 3.60. The minimum atomic E-state index is -0.146. The number of rotatable bonds is 2. The van der Waals surface area contributed by atoms with Crippen molar-refractivity contribution in [1.82, 2.24) is 14.7 Å². The Morgan fingerprint density at radius 3 is 2.58 bits per heavy atom. The number of hydrogen-bond donors (Lipinski definition) is 1. The molecule has 1 N–H and O–H groups in total. The van der Waals surface area contributed by atoms with Crippen molar-refractivity contribution in [3.63, 3.8) is 0 Å². The molecule has 1 atom stereocenters. The molecule has 1 aromatic carbocycles. The highest BCUT2D eigenvalue weighted by molar-refractivity contribution is 5.86. The number of pyridine rings is 1. The van der Waals surface area contributed by atoms with E-state index in [0.29, 0.717) is 0 Å². The minimum absolute atomic E-state index is 0.109. The van der Waals surface area contributed by atoms with Gasteiger partial charge in [0.2, 0.25) is 5.91 Å². The molecule has 4 nitrogen and oxygen atoms in total. The quantitative estimate of drug-likeness (QED) is 0.784. The van der Waals surface area contributed by atoms with Crippen LogP contribution in [0.3, 0.4) is 0 Å². The molecule has 1 saturated heterocycles. The van der Waals surface area contributed by atoms with Crippen LogP contribution in [0.2, 0.25) is 0 Å². The molecule has 0 saturated carbocycles. The Hall–Kier alpha value is -2.62. The van der Waals surface area contributed by atoms with Gasteiger partial charge in [-0.3, -0.25) is 4.79 Å². The van der Waals surface area contributed by atoms with Crippen molar-refractivity contribution in [2.75, 3.05) is 6.54 Å². The molecule has 1 fully saturated rings. The first-order chi connectivity index (χ1) is 11.6. The lowest BCUT2D eigenvalue weighted by Crippen LogP contribution is -2.35. The number of benzene rings is 1. The third kappa shape index (κ3) is 2.48. The monoisotopic (exact) mass is 319 g/mol. The van der Waals surface area contributed by atoms with Gasteiger partial charge in [-0.25, -0.2) is 4.98 Å². The van der Waals surface area contributed by atoms with Crippen molar-refractivity contribution < 1.29 is 4.79 Å². The Morgan fingerprint density at radius 1 is 1.08 bits per heavy atom. The molecule has 3 aromatic rings. The SMILES string of the molecule is Cc1ccc(-c2nc3ccc(C)cn3c2C2CCCNC2=O)cc1. The van der Waals surface area contributed by atoms with E-state index < -0.39 is 0 Å². The minimum Gasteiger partial charge on any atom is -0.356 e. The Balaban J connectivity index is 1.96. The van der Waals surface area contributed by atoms with Crippen LogP contribution in [-0.4, -0.2) is 21.8 Å². The number of carbonyl (C=O) groups excluding carboxylic acids is 1. The van der Waals surface area contributed by atoms with Crippen LogP contribution >= 0.6 is 0 Å². The van der Waals surface area contributed by atoms with E-state index in [4.69, 9.17) is 4.98 Å². The third-order valence-corrected chi connectivity index (χ3v) is 4.74. The summed E-state index contributed by atoms with van der Waals surface area (Å²) in [6, 6.07) is 12.5. The fraction of sp³-hybridized carbons (Fsp3) is 0.300. The average Bonchev–Trinajstić information content (AvgIpc) is 2.94. The molecule has 1 aliphatic heterocycles. The second-order valence-corrected chi connectivity index (χ2v) is 6.63. The summed E-state index contributed by atoms with van der Waals surface area (Å²) in [5, 5.41) is 3.01. The highest BCUT2D eigenvalue weighted by atomic mass is 16.1. The van der Waals surface area contributed by atoms with Crippen molar-refractivity contribution in [2.45, 2.75) is 32.6 Å². The molecule has 1 aliphatic rings. The van der Waals surface area contributed by atoms with Crippen molar-refractivity contribution in [1.29, 1.82) is 0 Å². The standard InChI is InChI=1S/C20H21N3O/c1-13-5-8-15(9-6-13)18-19(16-4-3-11-21-20(16)24)23-12-14(2)7-10-17(23)22-18/h5-10,12,16H,3-4,11H2,1-2H3,(H,21,24). The summed E-state index contributed by atoms with van der Waals surface area (Å²) in [6.07, 6.45) is 3.95. The highest BCUT2D eigenvalue weighted by Gasteiger charge is 2.30. The fourth-order valence-electron chi connectivity index (χ4n) is 3.46. The van der Waals surface area contributed by atoms with Gasteiger partial charge < -0.3 is 9.72 Å². The summed E-state index contributed by atoms with van der Waals surface area (Å²) in [5.41, 5.74) is 6.26. The molecule has 3 heterocycles. The van der Waals surface area contributed by atoms with Gasteiger partial charge in [0.15, 0.2) is 0 Å². The Labute approximate surface area is 141 Å². The zero-order valence-corrected chi connectivity index (χ0v) is 14.0. The van der Waals surface area contributed by atoms with E-state index in [2.05, 4.69) is 60.1 Å². The summed E-state index contributed by atoms with van der Waals surface area (Å²) < 4.78 is 2.10. The number of carbonyl (C=O) groups is 1. The maximum Gasteiger partial charge on any atom is 0.229 e. The number of fused-ring (bicyclic) bond motifs is 1. The van der Waals surface area contributed by atoms with Crippen LogP contribution in [0.15, 0.2) is 42.6 Å². The Bertz CT molecular complexity index is 909. The van der Waals surface area contributed by atoms with Gasteiger partial charge in [-0.2, -0.15) is 0 Å². The lowest BCUT2D eigenvalue weighted by Gasteiger charge is -2.22. The topological polar surface area (TPSA) is 46.4 Å². The largest absolute Gasteiger partial charge is 0.356 e. The smallest absolute Gasteiger partial charge is 0.229 e. The number of hydrogen-bond acceptors (Lipinski definition) is 2. The second kappa shape index (κ2) is 5.78. The summed E-state index contributed by atoms with van der Waals surface area (Å²) >= 11 is 0. The molecule has 0 spiro atoms. The molecule has 1 amide bonds. The van der Waals surface area contributed by atoms with Gasteiger partial charge in [0.25, 0.3) is 0 Å². The number of amides is 1. The molecule has 4 heteroatoms. The predicted molar refractivity (Wildman–Crippen MR) is 95.1 cm³/mol. The number of piperidine rings is 1. The van der Waals surface area contributed by atoms with E-state index in [0.717, 1.165) is 47.5 Å². The molecule has 24 heavy (non-hydrogen) atoms. The number of nitrogens with zero attached hydrogens (tertiary/aromatic N) is 2. The Morgan fingerprint density at radius 2 is 1.83 bits per heavy atom. The summed E-state index contributed by atoms with van der Waals surface area (Å²) in [4.78, 5) is 17.4. The lowest BCUT2D eigenvalue weighted by molar-refractivity contribution is -0.123. The molecule has 0 bridgehead atoms. The van der Waals surface area contributed by atoms with Crippen LogP contribution < -0.4 is 5.32 Å². The van der Waals surface area contributed by atoms with Gasteiger partial charge >= 0.3 is 0 Å². The van der Waals surface area contributed by atoms with Crippen molar-refractivity contribution in [2.24, 2.45) is 0 Å². The van der Waals surface area contributed by atoms with Crippen molar-refractivity contribution in [3.8, 4) is 11.3 Å². The van der Waals surface area contributed by atoms with Gasteiger partial charge in [0.05, 0.1) is 17.3 Å². The first-order valence-corrected chi connectivity index (χ1v) is 8.47. The van der Waals surface area contributed by atoms with Gasteiger partial charge in [0.1, 0.15) is 5.65 Å². The van der Waals surface area contributed by atoms with E-state index in [9.17, 15) is 4.79 Å². The van der Waals surface area contributed by atoms with Crippen LogP contribution in [0.5, 0.6) is 0 Å². The molecule has 2 aromatic heterocycles. The zero-order valence-electron chi connectivity index (χ0n) is 14.0. The molecular formula is C20H21N3O. The first kappa shape index (κ1) is 14.9. The van der Waals surface area contributed by atoms with Crippen LogP contribution in [0.4, 0.5) is 0 Å². The summed E-state index contributed by atoms with van der Waals surface area (Å²) in [5.74, 6) is -0.0372. The predicted octanol–water partition coefficient (Wildman–Crippen LogP) is 3.61. The van der Waals surface area contributed by atoms with Gasteiger partial charge in [-0.15, -0.1) is 0 Å². The van der Waals surface area contributed by atoms with Crippen LogP contribution in [-0.2, 0) is 4.79 Å². The maximum absolute atomic E-state index is 12.5. The summed E-state index contributed by atoms with van der Waals surface area (Å²) in [6.45, 7) is 4.91. The van der Waals surface area contributed by atoms with Gasteiger partial charge in [-0.1, -0.05) is 35.9 Å². The molecule has 122 valence electrons. The molecule has 0 radical (unpaired) electrons. The molecule has 1 unspecified atom stereocenters. The number of aromatic nitrogens is 2. The number of aryl methyl sites for hydroxylation is 2. The molecular weight excluding hydrogens is 298 g/mol. The number of nitrogens with one attached hydrogen (secondary N) is 1. The van der Waals surface area contributed by atoms with Gasteiger partial charge in [-0.05, 0) is 38.3 Å². The van der Waals surface area contributed by atoms with E-state index >= 15 is 0 Å². The first-order valence-electron chi connectivity index (χ1n) is 8.47.